The molecular weight excluding hydrogens is 280 g/mol. The number of anilines is 1. The van der Waals surface area contributed by atoms with Crippen LogP contribution in [0.4, 0.5) is 10.5 Å². The number of allylic oxidation sites excluding steroid dienone is 2. The van der Waals surface area contributed by atoms with Gasteiger partial charge < -0.3 is 9.47 Å². The standard InChI is InChI=1S/C17H18N2O3/c1-19(17(20)21-2)14-5-6-16-15(11-14)12(7-9-22-16)10-13-4-3-8-18-13/h4-6,8,10-11H,3,7,9H2,1-2H3/b12-10+. The van der Waals surface area contributed by atoms with Crippen LogP contribution in [0.2, 0.25) is 0 Å². The van der Waals surface area contributed by atoms with Gasteiger partial charge in [-0.05, 0) is 29.8 Å². The van der Waals surface area contributed by atoms with Crippen LogP contribution in [0.3, 0.4) is 0 Å². The summed E-state index contributed by atoms with van der Waals surface area (Å²) in [4.78, 5) is 17.5. The van der Waals surface area contributed by atoms with E-state index in [1.165, 1.54) is 17.6 Å². The van der Waals surface area contributed by atoms with Crippen molar-refractivity contribution in [3.05, 3.63) is 41.6 Å². The minimum atomic E-state index is -0.398. The maximum absolute atomic E-state index is 11.7. The first kappa shape index (κ1) is 14.4. The van der Waals surface area contributed by atoms with E-state index in [1.807, 2.05) is 24.4 Å². The van der Waals surface area contributed by atoms with E-state index in [4.69, 9.17) is 9.47 Å². The number of hydrogen-bond donors (Lipinski definition) is 0. The number of ether oxygens (including phenoxy) is 2. The van der Waals surface area contributed by atoms with Crippen LogP contribution in [0.1, 0.15) is 18.4 Å². The van der Waals surface area contributed by atoms with Crippen LogP contribution in [-0.4, -0.2) is 33.1 Å². The molecule has 0 radical (unpaired) electrons. The van der Waals surface area contributed by atoms with Gasteiger partial charge in [-0.2, -0.15) is 0 Å². The number of amides is 1. The molecule has 0 atom stereocenters. The number of hydrogen-bond acceptors (Lipinski definition) is 4. The fourth-order valence-corrected chi connectivity index (χ4v) is 2.56. The van der Waals surface area contributed by atoms with E-state index in [0.29, 0.717) is 6.61 Å². The van der Waals surface area contributed by atoms with Crippen LogP contribution >= 0.6 is 0 Å². The summed E-state index contributed by atoms with van der Waals surface area (Å²) in [6, 6.07) is 5.70. The Labute approximate surface area is 129 Å². The molecular formula is C17H18N2O3. The Morgan fingerprint density at radius 3 is 3.05 bits per heavy atom. The zero-order valence-electron chi connectivity index (χ0n) is 12.7. The molecule has 2 aliphatic heterocycles. The molecule has 0 fully saturated rings. The highest BCUT2D eigenvalue weighted by atomic mass is 16.5. The highest BCUT2D eigenvalue weighted by molar-refractivity contribution is 5.88. The van der Waals surface area contributed by atoms with Gasteiger partial charge in [-0.1, -0.05) is 6.08 Å². The van der Waals surface area contributed by atoms with E-state index in [9.17, 15) is 4.79 Å². The number of benzene rings is 1. The van der Waals surface area contributed by atoms with E-state index in [2.05, 4.69) is 17.1 Å². The van der Waals surface area contributed by atoms with Crippen molar-refractivity contribution in [2.45, 2.75) is 12.8 Å². The summed E-state index contributed by atoms with van der Waals surface area (Å²) < 4.78 is 10.5. The van der Waals surface area contributed by atoms with Crippen molar-refractivity contribution < 1.29 is 14.3 Å². The third-order valence-corrected chi connectivity index (χ3v) is 3.77. The topological polar surface area (TPSA) is 51.1 Å². The average molecular weight is 298 g/mol. The van der Waals surface area contributed by atoms with Crippen LogP contribution in [-0.2, 0) is 4.74 Å². The number of carbonyl (C=O) groups excluding carboxylic acids is 1. The molecule has 1 aromatic rings. The molecule has 5 nitrogen and oxygen atoms in total. The van der Waals surface area contributed by atoms with Crippen molar-refractivity contribution in [3.63, 3.8) is 0 Å². The molecule has 0 aromatic heterocycles. The molecule has 22 heavy (non-hydrogen) atoms. The average Bonchev–Trinajstić information content (AvgIpc) is 3.06. The fourth-order valence-electron chi connectivity index (χ4n) is 2.56. The molecule has 2 heterocycles. The molecule has 0 aliphatic carbocycles. The van der Waals surface area contributed by atoms with E-state index in [-0.39, 0.29) is 0 Å². The first-order valence-electron chi connectivity index (χ1n) is 7.21. The Morgan fingerprint density at radius 2 is 2.32 bits per heavy atom. The van der Waals surface area contributed by atoms with Crippen molar-refractivity contribution in [1.29, 1.82) is 0 Å². The number of carbonyl (C=O) groups is 1. The third-order valence-electron chi connectivity index (χ3n) is 3.77. The lowest BCUT2D eigenvalue weighted by molar-refractivity contribution is 0.180. The van der Waals surface area contributed by atoms with Crippen molar-refractivity contribution in [2.75, 3.05) is 25.7 Å². The highest BCUT2D eigenvalue weighted by Gasteiger charge is 2.19. The molecule has 1 aromatic carbocycles. The molecule has 5 heteroatoms. The molecule has 3 rings (SSSR count). The fraction of sp³-hybridized carbons (Fsp3) is 0.294. The van der Waals surface area contributed by atoms with Gasteiger partial charge in [0, 0.05) is 37.4 Å². The van der Waals surface area contributed by atoms with Gasteiger partial charge in [0.15, 0.2) is 0 Å². The van der Waals surface area contributed by atoms with Gasteiger partial charge >= 0.3 is 6.09 Å². The lowest BCUT2D eigenvalue weighted by Gasteiger charge is -2.23. The van der Waals surface area contributed by atoms with Gasteiger partial charge in [-0.25, -0.2) is 4.79 Å². The third kappa shape index (κ3) is 2.74. The summed E-state index contributed by atoms with van der Waals surface area (Å²) in [7, 11) is 3.06. The van der Waals surface area contributed by atoms with E-state index in [1.54, 1.807) is 7.05 Å². The minimum Gasteiger partial charge on any atom is -0.493 e. The highest BCUT2D eigenvalue weighted by Crippen LogP contribution is 2.36. The predicted octanol–water partition coefficient (Wildman–Crippen LogP) is 3.41. The Balaban J connectivity index is 1.97. The summed E-state index contributed by atoms with van der Waals surface area (Å²) in [5, 5.41) is 0. The Bertz CT molecular complexity index is 689. The maximum Gasteiger partial charge on any atom is 0.413 e. The van der Waals surface area contributed by atoms with Crippen molar-refractivity contribution in [2.24, 2.45) is 4.99 Å². The van der Waals surface area contributed by atoms with Crippen molar-refractivity contribution in [1.82, 2.24) is 0 Å². The number of aliphatic imine (C=N–C) groups is 1. The first-order valence-corrected chi connectivity index (χ1v) is 7.21. The first-order chi connectivity index (χ1) is 10.7. The second-order valence-electron chi connectivity index (χ2n) is 5.15. The van der Waals surface area contributed by atoms with Gasteiger partial charge in [-0.15, -0.1) is 0 Å². The van der Waals surface area contributed by atoms with Crippen LogP contribution in [0.15, 0.2) is 41.0 Å². The molecule has 0 spiro atoms. The molecule has 0 bridgehead atoms. The van der Waals surface area contributed by atoms with Crippen molar-refractivity contribution >= 4 is 23.6 Å². The largest absolute Gasteiger partial charge is 0.493 e. The Hall–Kier alpha value is -2.56. The summed E-state index contributed by atoms with van der Waals surface area (Å²) in [6.45, 7) is 0.655. The summed E-state index contributed by atoms with van der Waals surface area (Å²) >= 11 is 0. The smallest absolute Gasteiger partial charge is 0.413 e. The molecule has 2 aliphatic rings. The van der Waals surface area contributed by atoms with E-state index < -0.39 is 6.09 Å². The zero-order valence-corrected chi connectivity index (χ0v) is 12.7. The Kier molecular flexibility index (Phi) is 3.96. The number of nitrogens with zero attached hydrogens (tertiary/aromatic N) is 2. The van der Waals surface area contributed by atoms with Gasteiger partial charge in [0.25, 0.3) is 0 Å². The number of fused-ring (bicyclic) bond motifs is 1. The molecule has 0 N–H and O–H groups in total. The van der Waals surface area contributed by atoms with Crippen LogP contribution in [0.5, 0.6) is 5.75 Å². The minimum absolute atomic E-state index is 0.398. The van der Waals surface area contributed by atoms with Gasteiger partial charge in [0.05, 0.1) is 19.4 Å². The molecule has 0 saturated heterocycles. The van der Waals surface area contributed by atoms with Crippen molar-refractivity contribution in [3.8, 4) is 5.75 Å². The van der Waals surface area contributed by atoms with E-state index >= 15 is 0 Å². The quantitative estimate of drug-likeness (QED) is 0.840. The van der Waals surface area contributed by atoms with E-state index in [0.717, 1.165) is 35.5 Å². The number of methoxy groups -OCH3 is 1. The van der Waals surface area contributed by atoms with Crippen LogP contribution in [0.25, 0.3) is 5.57 Å². The van der Waals surface area contributed by atoms with Gasteiger partial charge in [0.2, 0.25) is 0 Å². The normalized spacial score (nSPS) is 17.7. The Morgan fingerprint density at radius 1 is 1.45 bits per heavy atom. The maximum atomic E-state index is 11.7. The lowest BCUT2D eigenvalue weighted by Crippen LogP contribution is -2.26. The number of rotatable bonds is 2. The second kappa shape index (κ2) is 6.05. The predicted molar refractivity (Wildman–Crippen MR) is 86.5 cm³/mol. The molecule has 0 unspecified atom stereocenters. The molecule has 0 saturated carbocycles. The SMILES string of the molecule is COC(=O)N(C)c1ccc2c(c1)/C(=C/C1=CCC=N1)CCO2. The van der Waals surface area contributed by atoms with Gasteiger partial charge in [0.1, 0.15) is 5.75 Å². The monoisotopic (exact) mass is 298 g/mol. The summed E-state index contributed by atoms with van der Waals surface area (Å²) in [5.41, 5.74) is 3.93. The molecule has 114 valence electrons. The lowest BCUT2D eigenvalue weighted by atomic mass is 9.98. The summed E-state index contributed by atoms with van der Waals surface area (Å²) in [6.07, 6.45) is 7.39. The summed E-state index contributed by atoms with van der Waals surface area (Å²) in [5.74, 6) is 0.835. The van der Waals surface area contributed by atoms with Gasteiger partial charge in [-0.3, -0.25) is 9.89 Å². The second-order valence-corrected chi connectivity index (χ2v) is 5.15. The molecule has 1 amide bonds. The zero-order chi connectivity index (χ0) is 15.5. The van der Waals surface area contributed by atoms with Crippen LogP contribution in [0, 0.1) is 0 Å². The van der Waals surface area contributed by atoms with Crippen LogP contribution < -0.4 is 9.64 Å².